The highest BCUT2D eigenvalue weighted by molar-refractivity contribution is 14.1. The lowest BCUT2D eigenvalue weighted by Gasteiger charge is -2.04. The van der Waals surface area contributed by atoms with Crippen LogP contribution in [0, 0.1) is 0 Å². The van der Waals surface area contributed by atoms with Crippen molar-refractivity contribution in [3.63, 3.8) is 0 Å². The Labute approximate surface area is 62.9 Å². The molecule has 0 unspecified atom stereocenters. The third-order valence-electron chi connectivity index (χ3n) is 0.403. The number of rotatable bonds is 1. The lowest BCUT2D eigenvalue weighted by Crippen LogP contribution is -2.37. The summed E-state index contributed by atoms with van der Waals surface area (Å²) in [5.41, 5.74) is 0. The zero-order valence-electron chi connectivity index (χ0n) is 4.13. The fraction of sp³-hybridized carbons (Fsp3) is 0.667. The van der Waals surface area contributed by atoms with E-state index in [0.717, 1.165) is 5.32 Å². The molecule has 0 aliphatic rings. The van der Waals surface area contributed by atoms with Crippen LogP contribution in [-0.4, -0.2) is 16.6 Å². The molecular formula is C3H3F3INO. The maximum absolute atomic E-state index is 11.2. The molecule has 2 nitrogen and oxygen atoms in total. The molecule has 0 atom stereocenters. The first kappa shape index (κ1) is 8.99. The Morgan fingerprint density at radius 2 is 2.00 bits per heavy atom. The lowest BCUT2D eigenvalue weighted by atomic mass is 10.7. The van der Waals surface area contributed by atoms with Crippen LogP contribution >= 0.6 is 22.6 Å². The van der Waals surface area contributed by atoms with Crippen LogP contribution in [0.4, 0.5) is 13.2 Å². The van der Waals surface area contributed by atoms with Crippen molar-refractivity contribution in [2.24, 2.45) is 0 Å². The second-order valence-corrected chi connectivity index (χ2v) is 1.94. The fourth-order valence-corrected chi connectivity index (χ4v) is 0.382. The Kier molecular flexibility index (Phi) is 3.23. The van der Waals surface area contributed by atoms with Gasteiger partial charge in [-0.2, -0.15) is 13.2 Å². The summed E-state index contributed by atoms with van der Waals surface area (Å²) in [5, 5.41) is 0.822. The molecule has 0 aromatic heterocycles. The number of hydrogen-bond acceptors (Lipinski definition) is 1. The first-order valence-electron chi connectivity index (χ1n) is 1.89. The van der Waals surface area contributed by atoms with Crippen LogP contribution in [0.15, 0.2) is 0 Å². The lowest BCUT2D eigenvalue weighted by molar-refractivity contribution is -0.167. The number of halogens is 4. The van der Waals surface area contributed by atoms with Gasteiger partial charge in [-0.3, -0.25) is 10.1 Å². The minimum atomic E-state index is -4.58. The summed E-state index contributed by atoms with van der Waals surface area (Å²) in [6.45, 7) is 0. The number of hydrogen-bond donors (Lipinski definition) is 1. The molecule has 0 saturated heterocycles. The highest BCUT2D eigenvalue weighted by Gasteiger charge is 2.29. The molecule has 0 bridgehead atoms. The summed E-state index contributed by atoms with van der Waals surface area (Å²) in [5.74, 6) is -1.02. The largest absolute Gasteiger partial charge is 0.484 e. The third-order valence-corrected chi connectivity index (χ3v) is 1.10. The monoisotopic (exact) mass is 253 g/mol. The van der Waals surface area contributed by atoms with Gasteiger partial charge in [-0.1, -0.05) is 22.6 Å². The number of nitrogens with one attached hydrogen (secondary N) is 1. The standard InChI is InChI=1S/C3H3F3INO/c4-3(5,6)8-2(9)1-7/h1H2,(H,8,9). The van der Waals surface area contributed by atoms with Crippen molar-refractivity contribution < 1.29 is 18.0 Å². The van der Waals surface area contributed by atoms with Crippen molar-refractivity contribution in [2.75, 3.05) is 4.43 Å². The van der Waals surface area contributed by atoms with Gasteiger partial charge in [0, 0.05) is 0 Å². The van der Waals surface area contributed by atoms with Crippen LogP contribution in [0.25, 0.3) is 0 Å². The third kappa shape index (κ3) is 5.87. The zero-order valence-corrected chi connectivity index (χ0v) is 6.28. The molecule has 0 spiro atoms. The Hall–Kier alpha value is -0.0100. The second kappa shape index (κ2) is 3.23. The van der Waals surface area contributed by atoms with Gasteiger partial charge in [0.05, 0.1) is 4.43 Å². The van der Waals surface area contributed by atoms with E-state index < -0.39 is 12.2 Å². The molecule has 0 heterocycles. The normalized spacial score (nSPS) is 11.1. The smallest absolute Gasteiger partial charge is 0.274 e. The van der Waals surface area contributed by atoms with Crippen molar-refractivity contribution in [1.82, 2.24) is 5.32 Å². The zero-order chi connectivity index (χ0) is 7.49. The molecule has 0 aromatic rings. The van der Waals surface area contributed by atoms with Gasteiger partial charge >= 0.3 is 6.30 Å². The van der Waals surface area contributed by atoms with Gasteiger partial charge in [0.1, 0.15) is 0 Å². The molecular weight excluding hydrogens is 250 g/mol. The molecule has 1 amide bonds. The van der Waals surface area contributed by atoms with Crippen LogP contribution in [0.2, 0.25) is 0 Å². The quantitative estimate of drug-likeness (QED) is 0.422. The molecule has 0 aromatic carbocycles. The average molecular weight is 253 g/mol. The number of carbonyl (C=O) groups excluding carboxylic acids is 1. The van der Waals surface area contributed by atoms with Gasteiger partial charge in [0.25, 0.3) is 0 Å². The first-order chi connectivity index (χ1) is 3.95. The SMILES string of the molecule is O=C(CI)NC(F)(F)F. The van der Waals surface area contributed by atoms with Crippen LogP contribution in [-0.2, 0) is 4.79 Å². The van der Waals surface area contributed by atoms with Crippen molar-refractivity contribution in [3.8, 4) is 0 Å². The average Bonchev–Trinajstić information content (AvgIpc) is 1.62. The molecule has 0 aliphatic carbocycles. The maximum atomic E-state index is 11.2. The van der Waals surface area contributed by atoms with Crippen molar-refractivity contribution >= 4 is 28.5 Å². The van der Waals surface area contributed by atoms with Gasteiger partial charge in [-0.25, -0.2) is 0 Å². The maximum Gasteiger partial charge on any atom is 0.484 e. The summed E-state index contributed by atoms with van der Waals surface area (Å²) >= 11 is 1.54. The minimum Gasteiger partial charge on any atom is -0.274 e. The van der Waals surface area contributed by atoms with E-state index in [1.165, 1.54) is 0 Å². The molecule has 0 fully saturated rings. The fourth-order valence-electron chi connectivity index (χ4n) is 0.191. The molecule has 0 aliphatic heterocycles. The summed E-state index contributed by atoms with van der Waals surface area (Å²) in [7, 11) is 0. The van der Waals surface area contributed by atoms with Gasteiger partial charge in [-0.15, -0.1) is 0 Å². The summed E-state index contributed by atoms with van der Waals surface area (Å²) in [6, 6.07) is 0. The van der Waals surface area contributed by atoms with Crippen LogP contribution in [0.1, 0.15) is 0 Å². The number of carbonyl (C=O) groups is 1. The van der Waals surface area contributed by atoms with Crippen molar-refractivity contribution in [1.29, 1.82) is 0 Å². The highest BCUT2D eigenvalue weighted by Crippen LogP contribution is 2.08. The van der Waals surface area contributed by atoms with Gasteiger partial charge < -0.3 is 0 Å². The predicted octanol–water partition coefficient (Wildman–Crippen LogP) is 1.06. The predicted molar refractivity (Wildman–Crippen MR) is 33.1 cm³/mol. The molecule has 54 valence electrons. The molecule has 6 heteroatoms. The summed E-state index contributed by atoms with van der Waals surface area (Å²) in [4.78, 5) is 9.99. The Morgan fingerprint density at radius 3 is 2.11 bits per heavy atom. The van der Waals surface area contributed by atoms with E-state index >= 15 is 0 Å². The summed E-state index contributed by atoms with van der Waals surface area (Å²) in [6.07, 6.45) is -4.58. The second-order valence-electron chi connectivity index (χ2n) is 1.18. The Balaban J connectivity index is 3.60. The van der Waals surface area contributed by atoms with Crippen molar-refractivity contribution in [3.05, 3.63) is 0 Å². The molecule has 9 heavy (non-hydrogen) atoms. The van der Waals surface area contributed by atoms with E-state index in [0.29, 0.717) is 0 Å². The van der Waals surface area contributed by atoms with Crippen LogP contribution in [0.5, 0.6) is 0 Å². The van der Waals surface area contributed by atoms with E-state index in [1.807, 2.05) is 0 Å². The van der Waals surface area contributed by atoms with E-state index in [9.17, 15) is 18.0 Å². The van der Waals surface area contributed by atoms with Crippen molar-refractivity contribution in [2.45, 2.75) is 6.30 Å². The van der Waals surface area contributed by atoms with Gasteiger partial charge in [0.15, 0.2) is 0 Å². The van der Waals surface area contributed by atoms with E-state index in [2.05, 4.69) is 0 Å². The van der Waals surface area contributed by atoms with Crippen LogP contribution in [0.3, 0.4) is 0 Å². The molecule has 0 radical (unpaired) electrons. The Morgan fingerprint density at radius 1 is 1.56 bits per heavy atom. The number of amides is 1. The van der Waals surface area contributed by atoms with Crippen LogP contribution < -0.4 is 5.32 Å². The minimum absolute atomic E-state index is 0.183. The Bertz CT molecular complexity index is 112. The number of alkyl halides is 4. The summed E-state index contributed by atoms with van der Waals surface area (Å²) < 4.78 is 33.3. The molecule has 0 saturated carbocycles. The van der Waals surface area contributed by atoms with E-state index in [4.69, 9.17) is 0 Å². The molecule has 0 rings (SSSR count). The topological polar surface area (TPSA) is 29.1 Å². The first-order valence-corrected chi connectivity index (χ1v) is 3.42. The van der Waals surface area contributed by atoms with Gasteiger partial charge in [-0.05, 0) is 0 Å². The highest BCUT2D eigenvalue weighted by atomic mass is 127. The molecule has 1 N–H and O–H groups in total. The van der Waals surface area contributed by atoms with E-state index in [-0.39, 0.29) is 4.43 Å². The van der Waals surface area contributed by atoms with Gasteiger partial charge in [0.2, 0.25) is 5.91 Å². The van der Waals surface area contributed by atoms with E-state index in [1.54, 1.807) is 22.6 Å².